The maximum atomic E-state index is 12.0. The molecule has 2 rings (SSSR count). The Hall–Kier alpha value is -1.26. The van der Waals surface area contributed by atoms with Gasteiger partial charge in [-0.2, -0.15) is 0 Å². The predicted octanol–water partition coefficient (Wildman–Crippen LogP) is 4.00. The summed E-state index contributed by atoms with van der Waals surface area (Å²) in [6, 6.07) is 7.63. The van der Waals surface area contributed by atoms with E-state index in [1.165, 1.54) is 12.8 Å². The van der Waals surface area contributed by atoms with Crippen molar-refractivity contribution in [3.8, 4) is 5.75 Å². The van der Waals surface area contributed by atoms with Crippen LogP contribution >= 0.6 is 12.4 Å². The number of hydrogen-bond donors (Lipinski definition) is 2. The molecule has 23 heavy (non-hydrogen) atoms. The van der Waals surface area contributed by atoms with Gasteiger partial charge < -0.3 is 15.4 Å². The zero-order valence-electron chi connectivity index (χ0n) is 14.1. The number of benzene rings is 1. The largest absolute Gasteiger partial charge is 0.491 e. The molecule has 0 aliphatic carbocycles. The van der Waals surface area contributed by atoms with E-state index >= 15 is 0 Å². The van der Waals surface area contributed by atoms with Gasteiger partial charge in [-0.05, 0) is 75.9 Å². The molecule has 1 aliphatic heterocycles. The minimum absolute atomic E-state index is 0. The topological polar surface area (TPSA) is 50.4 Å². The summed E-state index contributed by atoms with van der Waals surface area (Å²) in [5, 5.41) is 6.32. The highest BCUT2D eigenvalue weighted by molar-refractivity contribution is 5.90. The highest BCUT2D eigenvalue weighted by Gasteiger charge is 2.14. The first-order valence-corrected chi connectivity index (χ1v) is 8.44. The molecule has 0 saturated carbocycles. The lowest BCUT2D eigenvalue weighted by Gasteiger charge is -2.22. The number of nitrogens with one attached hydrogen (secondary N) is 2. The zero-order chi connectivity index (χ0) is 15.8. The number of rotatable bonds is 7. The molecule has 1 aromatic carbocycles. The highest BCUT2D eigenvalue weighted by atomic mass is 35.5. The Labute approximate surface area is 145 Å². The van der Waals surface area contributed by atoms with Crippen LogP contribution in [0.2, 0.25) is 0 Å². The number of halogens is 1. The third kappa shape index (κ3) is 7.23. The molecule has 0 radical (unpaired) electrons. The molecule has 1 amide bonds. The number of ether oxygens (including phenoxy) is 1. The van der Waals surface area contributed by atoms with Crippen molar-refractivity contribution in [2.24, 2.45) is 5.92 Å². The molecule has 2 N–H and O–H groups in total. The second-order valence-electron chi connectivity index (χ2n) is 6.14. The third-order valence-electron chi connectivity index (χ3n) is 4.29. The molecule has 1 unspecified atom stereocenters. The van der Waals surface area contributed by atoms with Crippen LogP contribution in [0.25, 0.3) is 0 Å². The maximum Gasteiger partial charge on any atom is 0.224 e. The lowest BCUT2D eigenvalue weighted by Crippen LogP contribution is -2.28. The predicted molar refractivity (Wildman–Crippen MR) is 97.5 cm³/mol. The van der Waals surface area contributed by atoms with Gasteiger partial charge in [0.25, 0.3) is 0 Å². The summed E-state index contributed by atoms with van der Waals surface area (Å²) in [6.07, 6.45) is 5.17. The van der Waals surface area contributed by atoms with E-state index < -0.39 is 0 Å². The van der Waals surface area contributed by atoms with E-state index in [0.717, 1.165) is 37.4 Å². The molecule has 1 atom stereocenters. The number of piperidine rings is 1. The number of carbonyl (C=O) groups is 1. The quantitative estimate of drug-likeness (QED) is 0.788. The first-order valence-electron chi connectivity index (χ1n) is 8.44. The number of hydrogen-bond acceptors (Lipinski definition) is 3. The van der Waals surface area contributed by atoms with E-state index in [0.29, 0.717) is 12.3 Å². The summed E-state index contributed by atoms with van der Waals surface area (Å²) >= 11 is 0. The van der Waals surface area contributed by atoms with Crippen LogP contribution in [0.1, 0.15) is 46.0 Å². The maximum absolute atomic E-state index is 12.0. The normalized spacial score (nSPS) is 16.3. The van der Waals surface area contributed by atoms with Gasteiger partial charge in [0.05, 0.1) is 6.10 Å². The smallest absolute Gasteiger partial charge is 0.224 e. The van der Waals surface area contributed by atoms with E-state index in [1.807, 2.05) is 24.3 Å². The van der Waals surface area contributed by atoms with Crippen LogP contribution in [0.5, 0.6) is 5.75 Å². The van der Waals surface area contributed by atoms with Gasteiger partial charge in [0.2, 0.25) is 5.91 Å². The minimum Gasteiger partial charge on any atom is -0.491 e. The van der Waals surface area contributed by atoms with Gasteiger partial charge in [-0.15, -0.1) is 12.4 Å². The molecule has 1 fully saturated rings. The summed E-state index contributed by atoms with van der Waals surface area (Å²) in [4.78, 5) is 12.0. The van der Waals surface area contributed by atoms with E-state index in [1.54, 1.807) is 0 Å². The zero-order valence-corrected chi connectivity index (χ0v) is 15.0. The summed E-state index contributed by atoms with van der Waals surface area (Å²) in [5.41, 5.74) is 0.840. The standard InChI is InChI=1S/C18H28N2O2.ClH/c1-3-14(2)22-17-7-5-16(6-8-17)20-18(21)9-4-15-10-12-19-13-11-15;/h5-8,14-15,19H,3-4,9-13H2,1-2H3,(H,20,21);1H. The number of anilines is 1. The van der Waals surface area contributed by atoms with Crippen LogP contribution in [-0.2, 0) is 4.79 Å². The Bertz CT molecular complexity index is 459. The van der Waals surface area contributed by atoms with Gasteiger partial charge in [-0.1, -0.05) is 6.92 Å². The Kier molecular flexibility index (Phi) is 9.03. The molecule has 0 spiro atoms. The van der Waals surface area contributed by atoms with Crippen molar-refractivity contribution in [1.82, 2.24) is 5.32 Å². The molecular weight excluding hydrogens is 312 g/mol. The Morgan fingerprint density at radius 2 is 1.96 bits per heavy atom. The van der Waals surface area contributed by atoms with Crippen LogP contribution in [0.4, 0.5) is 5.69 Å². The summed E-state index contributed by atoms with van der Waals surface area (Å²) in [5.74, 6) is 1.65. The number of amides is 1. The first-order chi connectivity index (χ1) is 10.7. The number of carbonyl (C=O) groups excluding carboxylic acids is 1. The van der Waals surface area contributed by atoms with Gasteiger partial charge in [-0.3, -0.25) is 4.79 Å². The van der Waals surface area contributed by atoms with Crippen LogP contribution in [0.15, 0.2) is 24.3 Å². The molecule has 1 heterocycles. The summed E-state index contributed by atoms with van der Waals surface area (Å²) < 4.78 is 5.73. The molecule has 1 aromatic rings. The van der Waals surface area contributed by atoms with Crippen molar-refractivity contribution in [2.75, 3.05) is 18.4 Å². The molecule has 130 valence electrons. The van der Waals surface area contributed by atoms with E-state index in [9.17, 15) is 4.79 Å². The monoisotopic (exact) mass is 340 g/mol. The van der Waals surface area contributed by atoms with E-state index in [2.05, 4.69) is 24.5 Å². The van der Waals surface area contributed by atoms with Gasteiger partial charge in [0, 0.05) is 12.1 Å². The Morgan fingerprint density at radius 3 is 2.57 bits per heavy atom. The van der Waals surface area contributed by atoms with Crippen molar-refractivity contribution in [2.45, 2.75) is 52.1 Å². The second-order valence-corrected chi connectivity index (χ2v) is 6.14. The Balaban J connectivity index is 0.00000264. The lowest BCUT2D eigenvalue weighted by molar-refractivity contribution is -0.116. The average Bonchev–Trinajstić information content (AvgIpc) is 2.55. The van der Waals surface area contributed by atoms with Crippen LogP contribution < -0.4 is 15.4 Å². The second kappa shape index (κ2) is 10.5. The molecule has 0 aromatic heterocycles. The van der Waals surface area contributed by atoms with Crippen molar-refractivity contribution in [3.05, 3.63) is 24.3 Å². The van der Waals surface area contributed by atoms with Crippen LogP contribution in [0, 0.1) is 5.92 Å². The van der Waals surface area contributed by atoms with Gasteiger partial charge >= 0.3 is 0 Å². The third-order valence-corrected chi connectivity index (χ3v) is 4.29. The van der Waals surface area contributed by atoms with Crippen molar-refractivity contribution in [1.29, 1.82) is 0 Å². The van der Waals surface area contributed by atoms with Crippen molar-refractivity contribution >= 4 is 24.0 Å². The molecule has 4 nitrogen and oxygen atoms in total. The summed E-state index contributed by atoms with van der Waals surface area (Å²) in [7, 11) is 0. The molecule has 0 bridgehead atoms. The SMILES string of the molecule is CCC(C)Oc1ccc(NC(=O)CCC2CCNCC2)cc1.Cl. The van der Waals surface area contributed by atoms with E-state index in [-0.39, 0.29) is 24.4 Å². The fourth-order valence-corrected chi connectivity index (χ4v) is 2.66. The minimum atomic E-state index is 0. The fourth-order valence-electron chi connectivity index (χ4n) is 2.66. The fraction of sp³-hybridized carbons (Fsp3) is 0.611. The molecule has 1 aliphatic rings. The van der Waals surface area contributed by atoms with Crippen LogP contribution in [0.3, 0.4) is 0 Å². The van der Waals surface area contributed by atoms with Gasteiger partial charge in [0.1, 0.15) is 5.75 Å². The molecule has 1 saturated heterocycles. The van der Waals surface area contributed by atoms with E-state index in [4.69, 9.17) is 4.74 Å². The Morgan fingerprint density at radius 1 is 1.30 bits per heavy atom. The highest BCUT2D eigenvalue weighted by Crippen LogP contribution is 2.20. The van der Waals surface area contributed by atoms with Gasteiger partial charge in [-0.25, -0.2) is 0 Å². The van der Waals surface area contributed by atoms with Gasteiger partial charge in [0.15, 0.2) is 0 Å². The van der Waals surface area contributed by atoms with Crippen LogP contribution in [-0.4, -0.2) is 25.1 Å². The van der Waals surface area contributed by atoms with Crippen molar-refractivity contribution < 1.29 is 9.53 Å². The lowest BCUT2D eigenvalue weighted by atomic mass is 9.93. The molecule has 5 heteroatoms. The molecular formula is C18H29ClN2O2. The first kappa shape index (κ1) is 19.8. The summed E-state index contributed by atoms with van der Waals surface area (Å²) in [6.45, 7) is 6.33. The average molecular weight is 341 g/mol. The van der Waals surface area contributed by atoms with Crippen molar-refractivity contribution in [3.63, 3.8) is 0 Å².